The van der Waals surface area contributed by atoms with Crippen molar-refractivity contribution in [3.05, 3.63) is 30.5 Å². The topological polar surface area (TPSA) is 77.5 Å². The van der Waals surface area contributed by atoms with Gasteiger partial charge in [-0.15, -0.1) is 0 Å². The van der Waals surface area contributed by atoms with Gasteiger partial charge in [0.05, 0.1) is 12.1 Å². The van der Waals surface area contributed by atoms with Crippen LogP contribution in [0.3, 0.4) is 0 Å². The molecule has 1 aromatic carbocycles. The summed E-state index contributed by atoms with van der Waals surface area (Å²) in [6, 6.07) is 6.56. The van der Waals surface area contributed by atoms with Crippen LogP contribution < -0.4 is 10.5 Å². The van der Waals surface area contributed by atoms with Gasteiger partial charge in [-0.2, -0.15) is 0 Å². The third-order valence-corrected chi connectivity index (χ3v) is 2.26. The summed E-state index contributed by atoms with van der Waals surface area (Å²) in [4.78, 5) is 11.1. The van der Waals surface area contributed by atoms with Gasteiger partial charge in [0, 0.05) is 11.6 Å². The van der Waals surface area contributed by atoms with Crippen LogP contribution in [0.5, 0.6) is 5.75 Å². The number of primary amides is 1. The second kappa shape index (κ2) is 4.24. The van der Waals surface area contributed by atoms with E-state index in [2.05, 4.69) is 0 Å². The fourth-order valence-corrected chi connectivity index (χ4v) is 1.57. The van der Waals surface area contributed by atoms with Gasteiger partial charge in [-0.05, 0) is 24.3 Å². The maximum atomic E-state index is 11.1. The van der Waals surface area contributed by atoms with Gasteiger partial charge in [-0.25, -0.2) is 4.79 Å². The van der Waals surface area contributed by atoms with Crippen molar-refractivity contribution in [2.75, 3.05) is 13.2 Å². The molecule has 84 valence electrons. The number of nitrogens with zero attached hydrogens (tertiary/aromatic N) is 1. The minimum Gasteiger partial charge on any atom is -0.491 e. The van der Waals surface area contributed by atoms with Gasteiger partial charge in [0.15, 0.2) is 0 Å². The first kappa shape index (κ1) is 10.5. The summed E-state index contributed by atoms with van der Waals surface area (Å²) in [6.07, 6.45) is 1.61. The van der Waals surface area contributed by atoms with Crippen molar-refractivity contribution in [2.24, 2.45) is 5.73 Å². The van der Waals surface area contributed by atoms with Crippen LogP contribution in [-0.4, -0.2) is 28.9 Å². The molecular weight excluding hydrogens is 208 g/mol. The molecule has 1 heterocycles. The Balaban J connectivity index is 2.37. The van der Waals surface area contributed by atoms with Crippen molar-refractivity contribution in [1.29, 1.82) is 0 Å². The Morgan fingerprint density at radius 2 is 2.25 bits per heavy atom. The Kier molecular flexibility index (Phi) is 2.78. The highest BCUT2D eigenvalue weighted by Crippen LogP contribution is 2.21. The summed E-state index contributed by atoms with van der Waals surface area (Å²) in [7, 11) is 0. The normalized spacial score (nSPS) is 10.6. The molecule has 0 saturated carbocycles. The van der Waals surface area contributed by atoms with E-state index in [9.17, 15) is 4.79 Å². The Morgan fingerprint density at radius 3 is 2.94 bits per heavy atom. The number of hydrogen-bond acceptors (Lipinski definition) is 3. The molecule has 0 aliphatic carbocycles. The zero-order valence-electron chi connectivity index (χ0n) is 8.59. The number of aliphatic hydroxyl groups excluding tert-OH is 1. The van der Waals surface area contributed by atoms with Gasteiger partial charge in [0.25, 0.3) is 0 Å². The van der Waals surface area contributed by atoms with Crippen LogP contribution >= 0.6 is 0 Å². The van der Waals surface area contributed by atoms with Gasteiger partial charge in [0.1, 0.15) is 12.4 Å². The minimum atomic E-state index is -0.515. The molecule has 2 aromatic rings. The summed E-state index contributed by atoms with van der Waals surface area (Å²) >= 11 is 0. The maximum Gasteiger partial charge on any atom is 0.323 e. The zero-order chi connectivity index (χ0) is 11.5. The number of amides is 1. The number of nitrogens with two attached hydrogens (primary N) is 1. The number of ether oxygens (including phenoxy) is 1. The number of fused-ring (bicyclic) bond motifs is 1. The van der Waals surface area contributed by atoms with Crippen LogP contribution in [0.25, 0.3) is 10.9 Å². The molecule has 3 N–H and O–H groups in total. The molecule has 1 aromatic heterocycles. The van der Waals surface area contributed by atoms with Gasteiger partial charge in [0.2, 0.25) is 0 Å². The first-order valence-electron chi connectivity index (χ1n) is 4.87. The second-order valence-electron chi connectivity index (χ2n) is 3.32. The first-order chi connectivity index (χ1) is 7.72. The van der Waals surface area contributed by atoms with Crippen molar-refractivity contribution in [3.63, 3.8) is 0 Å². The molecule has 0 aliphatic rings. The van der Waals surface area contributed by atoms with E-state index in [1.165, 1.54) is 4.57 Å². The largest absolute Gasteiger partial charge is 0.491 e. The SMILES string of the molecule is NC(=O)n1ccc2cc(OCCO)ccc21. The molecule has 0 fully saturated rings. The average molecular weight is 220 g/mol. The lowest BCUT2D eigenvalue weighted by Gasteiger charge is -2.04. The summed E-state index contributed by atoms with van der Waals surface area (Å²) < 4.78 is 6.62. The van der Waals surface area contributed by atoms with Crippen LogP contribution in [0, 0.1) is 0 Å². The quantitative estimate of drug-likeness (QED) is 0.808. The van der Waals surface area contributed by atoms with Crippen molar-refractivity contribution >= 4 is 16.9 Å². The summed E-state index contributed by atoms with van der Waals surface area (Å²) in [5.41, 5.74) is 5.94. The number of carbonyl (C=O) groups is 1. The third-order valence-electron chi connectivity index (χ3n) is 2.26. The minimum absolute atomic E-state index is 0.0274. The highest BCUT2D eigenvalue weighted by Gasteiger charge is 2.05. The lowest BCUT2D eigenvalue weighted by atomic mass is 10.2. The van der Waals surface area contributed by atoms with Crippen LogP contribution in [0.2, 0.25) is 0 Å². The predicted octanol–water partition coefficient (Wildman–Crippen LogP) is 0.939. The molecule has 0 spiro atoms. The highest BCUT2D eigenvalue weighted by molar-refractivity contribution is 5.91. The monoisotopic (exact) mass is 220 g/mol. The van der Waals surface area contributed by atoms with Crippen molar-refractivity contribution in [2.45, 2.75) is 0 Å². The highest BCUT2D eigenvalue weighted by atomic mass is 16.5. The van der Waals surface area contributed by atoms with Crippen molar-refractivity contribution in [3.8, 4) is 5.75 Å². The molecule has 1 amide bonds. The van der Waals surface area contributed by atoms with Crippen LogP contribution in [0.15, 0.2) is 30.5 Å². The van der Waals surface area contributed by atoms with E-state index in [0.717, 1.165) is 10.9 Å². The van der Waals surface area contributed by atoms with E-state index >= 15 is 0 Å². The number of aromatic nitrogens is 1. The lowest BCUT2D eigenvalue weighted by Crippen LogP contribution is -2.17. The van der Waals surface area contributed by atoms with E-state index < -0.39 is 6.03 Å². The molecule has 5 nitrogen and oxygen atoms in total. The summed E-state index contributed by atoms with van der Waals surface area (Å²) in [5.74, 6) is 0.656. The number of rotatable bonds is 3. The summed E-state index contributed by atoms with van der Waals surface area (Å²) in [5, 5.41) is 9.50. The molecule has 0 unspecified atom stereocenters. The molecule has 5 heteroatoms. The molecule has 0 radical (unpaired) electrons. The van der Waals surface area contributed by atoms with Gasteiger partial charge < -0.3 is 15.6 Å². The number of carbonyl (C=O) groups excluding carboxylic acids is 1. The second-order valence-corrected chi connectivity index (χ2v) is 3.32. The molecule has 16 heavy (non-hydrogen) atoms. The van der Waals surface area contributed by atoms with Crippen molar-refractivity contribution in [1.82, 2.24) is 4.57 Å². The van der Waals surface area contributed by atoms with Crippen LogP contribution in [-0.2, 0) is 0 Å². The maximum absolute atomic E-state index is 11.1. The number of hydrogen-bond donors (Lipinski definition) is 2. The van der Waals surface area contributed by atoms with Crippen LogP contribution in [0.4, 0.5) is 4.79 Å². The molecule has 0 atom stereocenters. The van der Waals surface area contributed by atoms with E-state index in [4.69, 9.17) is 15.6 Å². The molecular formula is C11H12N2O3. The Morgan fingerprint density at radius 1 is 1.44 bits per heavy atom. The van der Waals surface area contributed by atoms with E-state index in [-0.39, 0.29) is 13.2 Å². The van der Waals surface area contributed by atoms with Gasteiger partial charge in [-0.1, -0.05) is 0 Å². The average Bonchev–Trinajstić information content (AvgIpc) is 2.69. The standard InChI is InChI=1S/C11H12N2O3/c12-11(15)13-4-3-8-7-9(16-6-5-14)1-2-10(8)13/h1-4,7,14H,5-6H2,(H2,12,15). The van der Waals surface area contributed by atoms with E-state index in [1.807, 2.05) is 0 Å². The van der Waals surface area contributed by atoms with Gasteiger partial charge in [-0.3, -0.25) is 4.57 Å². The van der Waals surface area contributed by atoms with E-state index in [0.29, 0.717) is 5.75 Å². The Labute approximate surface area is 92.0 Å². The zero-order valence-corrected chi connectivity index (χ0v) is 8.59. The smallest absolute Gasteiger partial charge is 0.323 e. The third kappa shape index (κ3) is 1.85. The molecule has 0 bridgehead atoms. The lowest BCUT2D eigenvalue weighted by molar-refractivity contribution is 0.201. The molecule has 0 aliphatic heterocycles. The Hall–Kier alpha value is -2.01. The Bertz CT molecular complexity index is 519. The molecule has 2 rings (SSSR count). The fourth-order valence-electron chi connectivity index (χ4n) is 1.57. The predicted molar refractivity (Wildman–Crippen MR) is 59.5 cm³/mol. The van der Waals surface area contributed by atoms with Gasteiger partial charge >= 0.3 is 6.03 Å². The first-order valence-corrected chi connectivity index (χ1v) is 4.87. The number of benzene rings is 1. The summed E-state index contributed by atoms with van der Waals surface area (Å²) in [6.45, 7) is 0.225. The van der Waals surface area contributed by atoms with Crippen molar-refractivity contribution < 1.29 is 14.6 Å². The molecule has 0 saturated heterocycles. The number of aliphatic hydroxyl groups is 1. The van der Waals surface area contributed by atoms with Crippen LogP contribution in [0.1, 0.15) is 0 Å². The van der Waals surface area contributed by atoms with E-state index in [1.54, 1.807) is 30.5 Å². The fraction of sp³-hybridized carbons (Fsp3) is 0.182.